The van der Waals surface area contributed by atoms with Crippen molar-refractivity contribution in [3.05, 3.63) is 0 Å². The number of carbonyl (C=O) groups excluding carboxylic acids is 1. The molecule has 0 radical (unpaired) electrons. The molecule has 0 aromatic rings. The van der Waals surface area contributed by atoms with Crippen LogP contribution in [0.1, 0.15) is 46.5 Å². The van der Waals surface area contributed by atoms with Crippen LogP contribution in [0, 0.1) is 5.92 Å². The van der Waals surface area contributed by atoms with E-state index >= 15 is 0 Å². The summed E-state index contributed by atoms with van der Waals surface area (Å²) >= 11 is 0. The molecule has 2 atom stereocenters. The van der Waals surface area contributed by atoms with Crippen LogP contribution in [0.5, 0.6) is 0 Å². The summed E-state index contributed by atoms with van der Waals surface area (Å²) in [4.78, 5) is 11.0. The molecule has 0 aromatic heterocycles. The first-order chi connectivity index (χ1) is 7.13. The van der Waals surface area contributed by atoms with Crippen molar-refractivity contribution in [3.63, 3.8) is 0 Å². The van der Waals surface area contributed by atoms with Crippen molar-refractivity contribution in [2.45, 2.75) is 52.5 Å². The van der Waals surface area contributed by atoms with E-state index in [9.17, 15) is 4.79 Å². The average molecular weight is 214 g/mol. The molecule has 15 heavy (non-hydrogen) atoms. The number of nitrogens with one attached hydrogen (secondary N) is 2. The molecule has 0 aliphatic carbocycles. The van der Waals surface area contributed by atoms with Crippen molar-refractivity contribution < 1.29 is 4.79 Å². The Balaban J connectivity index is 3.65. The lowest BCUT2D eigenvalue weighted by Gasteiger charge is -2.20. The zero-order valence-electron chi connectivity index (χ0n) is 10.6. The Labute approximate surface area is 94.0 Å². The summed E-state index contributed by atoms with van der Waals surface area (Å²) < 4.78 is 0. The van der Waals surface area contributed by atoms with Crippen molar-refractivity contribution in [1.82, 2.24) is 10.6 Å². The van der Waals surface area contributed by atoms with Gasteiger partial charge >= 0.3 is 0 Å². The van der Waals surface area contributed by atoms with Crippen LogP contribution >= 0.6 is 0 Å². The molecule has 0 spiro atoms. The Hall–Kier alpha value is -0.570. The van der Waals surface area contributed by atoms with E-state index in [4.69, 9.17) is 0 Å². The fraction of sp³-hybridized carbons (Fsp3) is 0.917. The van der Waals surface area contributed by atoms with Crippen LogP contribution in [0.4, 0.5) is 0 Å². The third-order valence-corrected chi connectivity index (χ3v) is 2.94. The van der Waals surface area contributed by atoms with Crippen LogP contribution in [0.25, 0.3) is 0 Å². The molecular formula is C12H26N2O. The number of carbonyl (C=O) groups is 1. The van der Waals surface area contributed by atoms with Crippen LogP contribution in [0.3, 0.4) is 0 Å². The maximum Gasteiger partial charge on any atom is 0.221 e. The predicted molar refractivity (Wildman–Crippen MR) is 64.8 cm³/mol. The van der Waals surface area contributed by atoms with Crippen molar-refractivity contribution in [3.8, 4) is 0 Å². The van der Waals surface area contributed by atoms with Crippen molar-refractivity contribution in [1.29, 1.82) is 0 Å². The fourth-order valence-electron chi connectivity index (χ4n) is 1.56. The first-order valence-electron chi connectivity index (χ1n) is 6.07. The van der Waals surface area contributed by atoms with E-state index in [0.717, 1.165) is 18.9 Å². The molecule has 3 heteroatoms. The summed E-state index contributed by atoms with van der Waals surface area (Å²) in [5.74, 6) is 0.878. The Morgan fingerprint density at radius 3 is 2.40 bits per heavy atom. The van der Waals surface area contributed by atoms with Crippen LogP contribution in [-0.2, 0) is 4.79 Å². The minimum Gasteiger partial charge on any atom is -0.359 e. The Morgan fingerprint density at radius 2 is 1.93 bits per heavy atom. The van der Waals surface area contributed by atoms with Gasteiger partial charge < -0.3 is 10.6 Å². The molecule has 0 aliphatic heterocycles. The number of hydrogen-bond donors (Lipinski definition) is 2. The fourth-order valence-corrected chi connectivity index (χ4v) is 1.56. The summed E-state index contributed by atoms with van der Waals surface area (Å²) in [6.07, 6.45) is 4.15. The predicted octanol–water partition coefficient (Wildman–Crippen LogP) is 1.93. The van der Waals surface area contributed by atoms with E-state index in [-0.39, 0.29) is 5.91 Å². The minimum atomic E-state index is 0.112. The zero-order valence-corrected chi connectivity index (χ0v) is 10.6. The molecule has 0 saturated heterocycles. The Morgan fingerprint density at radius 1 is 1.27 bits per heavy atom. The van der Waals surface area contributed by atoms with Crippen molar-refractivity contribution >= 4 is 5.91 Å². The lowest BCUT2D eigenvalue weighted by atomic mass is 9.98. The van der Waals surface area contributed by atoms with Gasteiger partial charge in [0.25, 0.3) is 0 Å². The van der Waals surface area contributed by atoms with Crippen molar-refractivity contribution in [2.24, 2.45) is 5.92 Å². The summed E-state index contributed by atoms with van der Waals surface area (Å²) in [5.41, 5.74) is 0. The van der Waals surface area contributed by atoms with Gasteiger partial charge in [0.2, 0.25) is 5.91 Å². The molecular weight excluding hydrogens is 188 g/mol. The molecule has 3 nitrogen and oxygen atoms in total. The van der Waals surface area contributed by atoms with Gasteiger partial charge in [-0.3, -0.25) is 4.79 Å². The molecule has 0 heterocycles. The summed E-state index contributed by atoms with van der Waals surface area (Å²) in [6.45, 7) is 7.49. The molecule has 90 valence electrons. The van der Waals surface area contributed by atoms with Crippen molar-refractivity contribution in [2.75, 3.05) is 13.6 Å². The van der Waals surface area contributed by atoms with Gasteiger partial charge in [0, 0.05) is 26.1 Å². The minimum absolute atomic E-state index is 0.112. The quantitative estimate of drug-likeness (QED) is 0.648. The highest BCUT2D eigenvalue weighted by Crippen LogP contribution is 2.11. The van der Waals surface area contributed by atoms with E-state index in [1.165, 1.54) is 12.8 Å². The molecule has 0 bridgehead atoms. The molecule has 0 aliphatic rings. The summed E-state index contributed by atoms with van der Waals surface area (Å²) in [6, 6.07) is 0.560. The van der Waals surface area contributed by atoms with Crippen LogP contribution in [0.2, 0.25) is 0 Å². The zero-order chi connectivity index (χ0) is 11.7. The van der Waals surface area contributed by atoms with E-state index in [1.807, 2.05) is 0 Å². The van der Waals surface area contributed by atoms with Gasteiger partial charge in [0.15, 0.2) is 0 Å². The highest BCUT2D eigenvalue weighted by molar-refractivity contribution is 5.75. The largest absolute Gasteiger partial charge is 0.359 e. The molecule has 2 unspecified atom stereocenters. The maximum absolute atomic E-state index is 11.0. The van der Waals surface area contributed by atoms with E-state index in [1.54, 1.807) is 7.05 Å². The van der Waals surface area contributed by atoms with Crippen LogP contribution in [-0.4, -0.2) is 25.5 Å². The average Bonchev–Trinajstić information content (AvgIpc) is 2.26. The topological polar surface area (TPSA) is 41.1 Å². The third-order valence-electron chi connectivity index (χ3n) is 2.94. The van der Waals surface area contributed by atoms with E-state index in [0.29, 0.717) is 12.5 Å². The van der Waals surface area contributed by atoms with Gasteiger partial charge in [-0.1, -0.05) is 27.2 Å². The van der Waals surface area contributed by atoms with E-state index in [2.05, 4.69) is 31.4 Å². The standard InChI is InChI=1S/C12H26N2O/c1-5-10(3)9-11(6-2)14-8-7-12(15)13-4/h10-11,14H,5-9H2,1-4H3,(H,13,15). The van der Waals surface area contributed by atoms with Gasteiger partial charge in [-0.25, -0.2) is 0 Å². The summed E-state index contributed by atoms with van der Waals surface area (Å²) in [7, 11) is 1.68. The molecule has 0 aromatic carbocycles. The van der Waals surface area contributed by atoms with Gasteiger partial charge in [-0.15, -0.1) is 0 Å². The first kappa shape index (κ1) is 14.4. The smallest absolute Gasteiger partial charge is 0.221 e. The molecule has 0 rings (SSSR count). The maximum atomic E-state index is 11.0. The molecule has 0 fully saturated rings. The Bertz CT molecular complexity index is 171. The first-order valence-corrected chi connectivity index (χ1v) is 6.07. The van der Waals surface area contributed by atoms with Gasteiger partial charge in [0.05, 0.1) is 0 Å². The highest BCUT2D eigenvalue weighted by atomic mass is 16.1. The molecule has 2 N–H and O–H groups in total. The SMILES string of the molecule is CCC(C)CC(CC)NCCC(=O)NC. The molecule has 0 saturated carbocycles. The summed E-state index contributed by atoms with van der Waals surface area (Å²) in [5, 5.41) is 6.07. The third kappa shape index (κ3) is 7.37. The Kier molecular flexibility index (Phi) is 8.38. The lowest BCUT2D eigenvalue weighted by Crippen LogP contribution is -2.33. The normalized spacial score (nSPS) is 14.7. The monoisotopic (exact) mass is 214 g/mol. The van der Waals surface area contributed by atoms with Crippen LogP contribution in [0.15, 0.2) is 0 Å². The van der Waals surface area contributed by atoms with Gasteiger partial charge in [-0.2, -0.15) is 0 Å². The number of hydrogen-bond acceptors (Lipinski definition) is 2. The second-order valence-electron chi connectivity index (χ2n) is 4.23. The lowest BCUT2D eigenvalue weighted by molar-refractivity contribution is -0.120. The van der Waals surface area contributed by atoms with Crippen LogP contribution < -0.4 is 10.6 Å². The number of amides is 1. The second kappa shape index (κ2) is 8.72. The highest BCUT2D eigenvalue weighted by Gasteiger charge is 2.09. The molecule has 1 amide bonds. The van der Waals surface area contributed by atoms with E-state index < -0.39 is 0 Å². The second-order valence-corrected chi connectivity index (χ2v) is 4.23. The van der Waals surface area contributed by atoms with Gasteiger partial charge in [-0.05, 0) is 18.8 Å². The number of rotatable bonds is 8. The van der Waals surface area contributed by atoms with Gasteiger partial charge in [0.1, 0.15) is 0 Å².